The summed E-state index contributed by atoms with van der Waals surface area (Å²) >= 11 is 7.39. The second kappa shape index (κ2) is 5.81. The van der Waals surface area contributed by atoms with Gasteiger partial charge in [0.2, 0.25) is 0 Å². The highest BCUT2D eigenvalue weighted by Crippen LogP contribution is 2.43. The summed E-state index contributed by atoms with van der Waals surface area (Å²) in [4.78, 5) is 15.4. The van der Waals surface area contributed by atoms with Crippen molar-refractivity contribution in [2.24, 2.45) is 0 Å². The third-order valence-electron chi connectivity index (χ3n) is 3.68. The molecule has 24 heavy (non-hydrogen) atoms. The number of carboxylic acid groups (broad SMARTS) is 1. The molecule has 1 unspecified atom stereocenters. The van der Waals surface area contributed by atoms with Crippen LogP contribution in [0.1, 0.15) is 27.1 Å². The summed E-state index contributed by atoms with van der Waals surface area (Å²) in [6.07, 6.45) is 0. The van der Waals surface area contributed by atoms with Crippen LogP contribution in [0.4, 0.5) is 5.69 Å². The second-order valence-corrected chi connectivity index (χ2v) is 6.56. The molecule has 4 rings (SSSR count). The summed E-state index contributed by atoms with van der Waals surface area (Å²) in [7, 11) is 0. The number of thiazole rings is 1. The maximum atomic E-state index is 11.1. The molecule has 2 aromatic carbocycles. The number of halogens is 1. The first-order chi connectivity index (χ1) is 11.6. The lowest BCUT2D eigenvalue weighted by molar-refractivity contribution is 0.0691. The van der Waals surface area contributed by atoms with E-state index in [0.717, 1.165) is 11.3 Å². The van der Waals surface area contributed by atoms with Gasteiger partial charge < -0.3 is 15.2 Å². The number of rotatable bonds is 2. The Morgan fingerprint density at radius 3 is 2.88 bits per heavy atom. The van der Waals surface area contributed by atoms with Crippen molar-refractivity contribution < 1.29 is 14.6 Å². The van der Waals surface area contributed by atoms with E-state index in [1.165, 1.54) is 16.7 Å². The summed E-state index contributed by atoms with van der Waals surface area (Å²) < 4.78 is 6.00. The minimum Gasteiger partial charge on any atom is -0.476 e. The van der Waals surface area contributed by atoms with Gasteiger partial charge in [-0.15, -0.1) is 11.3 Å². The summed E-state index contributed by atoms with van der Waals surface area (Å²) in [6, 6.07) is 12.6. The average molecular weight is 359 g/mol. The molecule has 0 aliphatic carbocycles. The fourth-order valence-electron chi connectivity index (χ4n) is 2.58. The van der Waals surface area contributed by atoms with E-state index in [4.69, 9.17) is 21.4 Å². The lowest BCUT2D eigenvalue weighted by Crippen LogP contribution is -2.11. The Balaban J connectivity index is 1.86. The van der Waals surface area contributed by atoms with Gasteiger partial charge in [-0.3, -0.25) is 0 Å². The summed E-state index contributed by atoms with van der Waals surface area (Å²) in [6.45, 7) is 0. The number of hydrogen-bond acceptors (Lipinski definition) is 5. The lowest BCUT2D eigenvalue weighted by Gasteiger charge is -2.16. The molecule has 0 amide bonds. The zero-order chi connectivity index (χ0) is 16.7. The molecule has 5 nitrogen and oxygen atoms in total. The van der Waals surface area contributed by atoms with Crippen LogP contribution in [0.3, 0.4) is 0 Å². The minimum absolute atomic E-state index is 0.0331. The third kappa shape index (κ3) is 2.60. The van der Waals surface area contributed by atoms with Gasteiger partial charge in [-0.05, 0) is 24.3 Å². The molecule has 0 saturated carbocycles. The molecule has 1 aliphatic heterocycles. The maximum Gasteiger partial charge on any atom is 0.355 e. The Kier molecular flexibility index (Phi) is 3.63. The Morgan fingerprint density at radius 1 is 1.25 bits per heavy atom. The van der Waals surface area contributed by atoms with Crippen LogP contribution in [0.2, 0.25) is 5.02 Å². The highest BCUT2D eigenvalue weighted by molar-refractivity contribution is 7.10. The van der Waals surface area contributed by atoms with E-state index >= 15 is 0 Å². The standard InChI is InChI=1S/C17H11ClN2O3S/c18-9-5-6-14-11(7-9)19-15(10-3-1-2-4-13(10)23-14)16-20-12(8-24-16)17(21)22/h1-8,15,19H,(H,21,22). The van der Waals surface area contributed by atoms with Gasteiger partial charge in [0.15, 0.2) is 11.4 Å². The zero-order valence-electron chi connectivity index (χ0n) is 12.2. The number of fused-ring (bicyclic) bond motifs is 2. The molecule has 1 aliphatic rings. The van der Waals surface area contributed by atoms with Crippen LogP contribution in [0, 0.1) is 0 Å². The molecule has 3 aromatic rings. The van der Waals surface area contributed by atoms with Gasteiger partial charge in [0.05, 0.1) is 5.69 Å². The Labute approximate surface area is 146 Å². The van der Waals surface area contributed by atoms with E-state index in [9.17, 15) is 4.79 Å². The van der Waals surface area contributed by atoms with Crippen LogP contribution in [-0.4, -0.2) is 16.1 Å². The zero-order valence-corrected chi connectivity index (χ0v) is 13.8. The molecule has 7 heteroatoms. The molecule has 0 spiro atoms. The van der Waals surface area contributed by atoms with E-state index in [-0.39, 0.29) is 11.7 Å². The van der Waals surface area contributed by atoms with Crippen LogP contribution >= 0.6 is 22.9 Å². The number of nitrogens with zero attached hydrogens (tertiary/aromatic N) is 1. The molecule has 0 bridgehead atoms. The van der Waals surface area contributed by atoms with Crippen molar-refractivity contribution in [3.8, 4) is 11.5 Å². The van der Waals surface area contributed by atoms with Crippen molar-refractivity contribution in [2.75, 3.05) is 5.32 Å². The van der Waals surface area contributed by atoms with Crippen molar-refractivity contribution in [2.45, 2.75) is 6.04 Å². The quantitative estimate of drug-likeness (QED) is 0.688. The van der Waals surface area contributed by atoms with Crippen molar-refractivity contribution in [1.29, 1.82) is 0 Å². The van der Waals surface area contributed by atoms with Crippen molar-refractivity contribution >= 4 is 34.6 Å². The predicted molar refractivity (Wildman–Crippen MR) is 92.5 cm³/mol. The van der Waals surface area contributed by atoms with Gasteiger partial charge >= 0.3 is 5.97 Å². The van der Waals surface area contributed by atoms with Gasteiger partial charge in [0.1, 0.15) is 16.8 Å². The monoisotopic (exact) mass is 358 g/mol. The fraction of sp³-hybridized carbons (Fsp3) is 0.0588. The number of nitrogens with one attached hydrogen (secondary N) is 1. The van der Waals surface area contributed by atoms with Gasteiger partial charge in [-0.25, -0.2) is 9.78 Å². The van der Waals surface area contributed by atoms with Gasteiger partial charge in [-0.1, -0.05) is 29.8 Å². The van der Waals surface area contributed by atoms with Crippen molar-refractivity contribution in [3.05, 3.63) is 69.1 Å². The Hall–Kier alpha value is -2.57. The Bertz CT molecular complexity index is 941. The van der Waals surface area contributed by atoms with Gasteiger partial charge in [0.25, 0.3) is 0 Å². The molecule has 1 aromatic heterocycles. The number of para-hydroxylation sites is 1. The molecule has 2 N–H and O–H groups in total. The van der Waals surface area contributed by atoms with Crippen LogP contribution < -0.4 is 10.1 Å². The van der Waals surface area contributed by atoms with E-state index in [1.807, 2.05) is 24.3 Å². The number of carbonyl (C=O) groups is 1. The number of benzene rings is 2. The normalized spacial score (nSPS) is 15.5. The molecule has 0 saturated heterocycles. The van der Waals surface area contributed by atoms with Gasteiger partial charge in [0, 0.05) is 16.0 Å². The van der Waals surface area contributed by atoms with E-state index in [0.29, 0.717) is 21.5 Å². The fourth-order valence-corrected chi connectivity index (χ4v) is 3.61. The average Bonchev–Trinajstić information content (AvgIpc) is 3.00. The van der Waals surface area contributed by atoms with E-state index < -0.39 is 5.97 Å². The molecule has 2 heterocycles. The van der Waals surface area contributed by atoms with Crippen LogP contribution in [0.25, 0.3) is 0 Å². The highest BCUT2D eigenvalue weighted by Gasteiger charge is 2.27. The predicted octanol–water partition coefficient (Wildman–Crippen LogP) is 4.80. The second-order valence-electron chi connectivity index (χ2n) is 5.23. The highest BCUT2D eigenvalue weighted by atomic mass is 35.5. The molecular weight excluding hydrogens is 348 g/mol. The van der Waals surface area contributed by atoms with Crippen LogP contribution in [-0.2, 0) is 0 Å². The van der Waals surface area contributed by atoms with Gasteiger partial charge in [-0.2, -0.15) is 0 Å². The molecular formula is C17H11ClN2O3S. The number of aromatic carboxylic acids is 1. The van der Waals surface area contributed by atoms with E-state index in [1.54, 1.807) is 18.2 Å². The first kappa shape index (κ1) is 15.0. The molecule has 0 radical (unpaired) electrons. The van der Waals surface area contributed by atoms with Crippen LogP contribution in [0.5, 0.6) is 11.5 Å². The first-order valence-electron chi connectivity index (χ1n) is 7.13. The number of anilines is 1. The SMILES string of the molecule is O=C(O)c1csc(C2Nc3cc(Cl)ccc3Oc3ccccc32)n1. The van der Waals surface area contributed by atoms with Crippen LogP contribution in [0.15, 0.2) is 47.8 Å². The Morgan fingerprint density at radius 2 is 2.08 bits per heavy atom. The largest absolute Gasteiger partial charge is 0.476 e. The van der Waals surface area contributed by atoms with Crippen molar-refractivity contribution in [3.63, 3.8) is 0 Å². The molecule has 120 valence electrons. The van der Waals surface area contributed by atoms with E-state index in [2.05, 4.69) is 10.3 Å². The third-order valence-corrected chi connectivity index (χ3v) is 4.82. The smallest absolute Gasteiger partial charge is 0.355 e. The summed E-state index contributed by atoms with van der Waals surface area (Å²) in [5.74, 6) is 0.312. The summed E-state index contributed by atoms with van der Waals surface area (Å²) in [5.41, 5.74) is 1.65. The number of carboxylic acids is 1. The van der Waals surface area contributed by atoms with Crippen molar-refractivity contribution in [1.82, 2.24) is 4.98 Å². The molecule has 1 atom stereocenters. The minimum atomic E-state index is -1.04. The summed E-state index contributed by atoms with van der Waals surface area (Å²) in [5, 5.41) is 15.3. The maximum absolute atomic E-state index is 11.1. The number of ether oxygens (including phenoxy) is 1. The topological polar surface area (TPSA) is 71.5 Å². The number of hydrogen-bond donors (Lipinski definition) is 2. The lowest BCUT2D eigenvalue weighted by atomic mass is 10.1. The number of aromatic nitrogens is 1. The first-order valence-corrected chi connectivity index (χ1v) is 8.39. The molecule has 0 fully saturated rings.